The van der Waals surface area contributed by atoms with Gasteiger partial charge >= 0.3 is 0 Å². The van der Waals surface area contributed by atoms with Gasteiger partial charge in [-0.05, 0) is 6.08 Å². The first-order valence-electron chi connectivity index (χ1n) is 2.43. The van der Waals surface area contributed by atoms with Gasteiger partial charge in [-0.25, -0.2) is 0 Å². The van der Waals surface area contributed by atoms with Gasteiger partial charge in [0, 0.05) is 0 Å². The van der Waals surface area contributed by atoms with Crippen molar-refractivity contribution in [1.29, 1.82) is 0 Å². The summed E-state index contributed by atoms with van der Waals surface area (Å²) in [5.41, 5.74) is 0. The lowest BCUT2D eigenvalue weighted by Gasteiger charge is -1.94. The standard InChI is InChI=1S/C5H5BrO3/c6-3-4(7)5-1-2-8-9-5/h1H,2-3H2. The predicted octanol–water partition coefficient (Wildman–Crippen LogP) is 0.796. The van der Waals surface area contributed by atoms with Gasteiger partial charge in [-0.1, -0.05) is 15.9 Å². The van der Waals surface area contributed by atoms with E-state index >= 15 is 0 Å². The average Bonchev–Trinajstić information content (AvgIpc) is 2.37. The number of ketones is 1. The van der Waals surface area contributed by atoms with E-state index in [4.69, 9.17) is 0 Å². The molecule has 0 amide bonds. The second-order valence-corrected chi connectivity index (χ2v) is 2.05. The molecule has 0 spiro atoms. The van der Waals surface area contributed by atoms with E-state index in [1.165, 1.54) is 0 Å². The van der Waals surface area contributed by atoms with Crippen LogP contribution in [-0.2, 0) is 14.6 Å². The molecule has 0 radical (unpaired) electrons. The number of hydrogen-bond donors (Lipinski definition) is 0. The molecule has 0 aliphatic carbocycles. The highest BCUT2D eigenvalue weighted by atomic mass is 79.9. The fourth-order valence-electron chi connectivity index (χ4n) is 0.467. The molecule has 1 aliphatic rings. The first-order valence-corrected chi connectivity index (χ1v) is 3.55. The molecule has 0 aromatic heterocycles. The summed E-state index contributed by atoms with van der Waals surface area (Å²) in [6, 6.07) is 0. The van der Waals surface area contributed by atoms with E-state index in [-0.39, 0.29) is 11.1 Å². The van der Waals surface area contributed by atoms with Crippen LogP contribution in [0.2, 0.25) is 0 Å². The van der Waals surface area contributed by atoms with E-state index in [1.807, 2.05) is 0 Å². The van der Waals surface area contributed by atoms with Gasteiger partial charge < -0.3 is 4.89 Å². The van der Waals surface area contributed by atoms with E-state index < -0.39 is 0 Å². The number of halogens is 1. The molecule has 0 atom stereocenters. The number of Topliss-reactive ketones (excluding diaryl/α,β-unsaturated/α-hetero) is 1. The van der Waals surface area contributed by atoms with Crippen molar-refractivity contribution in [3.63, 3.8) is 0 Å². The minimum atomic E-state index is -0.0903. The third kappa shape index (κ3) is 1.53. The van der Waals surface area contributed by atoms with Gasteiger partial charge in [-0.3, -0.25) is 4.79 Å². The monoisotopic (exact) mass is 192 g/mol. The fraction of sp³-hybridized carbons (Fsp3) is 0.400. The highest BCUT2D eigenvalue weighted by Gasteiger charge is 2.14. The number of carbonyl (C=O) groups is 1. The summed E-state index contributed by atoms with van der Waals surface area (Å²) in [5, 5.41) is 0.280. The van der Waals surface area contributed by atoms with Crippen molar-refractivity contribution in [2.75, 3.05) is 11.9 Å². The van der Waals surface area contributed by atoms with Gasteiger partial charge in [0.2, 0.25) is 11.5 Å². The van der Waals surface area contributed by atoms with E-state index in [0.29, 0.717) is 12.4 Å². The molecule has 0 aromatic carbocycles. The zero-order valence-electron chi connectivity index (χ0n) is 4.59. The Bertz CT molecular complexity index is 152. The molecule has 1 heterocycles. The summed E-state index contributed by atoms with van der Waals surface area (Å²) in [7, 11) is 0. The fourth-order valence-corrected chi connectivity index (χ4v) is 0.744. The molecule has 3 nitrogen and oxygen atoms in total. The lowest BCUT2D eigenvalue weighted by Crippen LogP contribution is -2.02. The van der Waals surface area contributed by atoms with Crippen LogP contribution in [-0.4, -0.2) is 17.7 Å². The lowest BCUT2D eigenvalue weighted by atomic mass is 10.3. The van der Waals surface area contributed by atoms with Crippen LogP contribution in [0.3, 0.4) is 0 Å². The topological polar surface area (TPSA) is 35.5 Å². The molecule has 0 saturated carbocycles. The predicted molar refractivity (Wildman–Crippen MR) is 33.9 cm³/mol. The molecule has 4 heteroatoms. The SMILES string of the molecule is O=C(CBr)C1=CCOO1. The second kappa shape index (κ2) is 2.98. The number of alkyl halides is 1. The van der Waals surface area contributed by atoms with Gasteiger partial charge in [0.25, 0.3) is 0 Å². The Morgan fingerprint density at radius 3 is 3.11 bits per heavy atom. The molecule has 50 valence electrons. The van der Waals surface area contributed by atoms with Crippen molar-refractivity contribution in [3.8, 4) is 0 Å². The van der Waals surface area contributed by atoms with Crippen molar-refractivity contribution in [3.05, 3.63) is 11.8 Å². The lowest BCUT2D eigenvalue weighted by molar-refractivity contribution is -0.233. The molecule has 0 fully saturated rings. The van der Waals surface area contributed by atoms with E-state index in [2.05, 4.69) is 25.7 Å². The zero-order valence-corrected chi connectivity index (χ0v) is 6.18. The first-order chi connectivity index (χ1) is 4.34. The van der Waals surface area contributed by atoms with Crippen LogP contribution in [0.1, 0.15) is 0 Å². The van der Waals surface area contributed by atoms with Gasteiger partial charge in [-0.15, -0.1) is 0 Å². The summed E-state index contributed by atoms with van der Waals surface area (Å²) in [6.45, 7) is 0.369. The maximum atomic E-state index is 10.7. The Labute approximate surface area is 60.7 Å². The van der Waals surface area contributed by atoms with Crippen LogP contribution in [0.25, 0.3) is 0 Å². The Balaban J connectivity index is 2.51. The minimum Gasteiger partial charge on any atom is -0.334 e. The largest absolute Gasteiger partial charge is 0.334 e. The van der Waals surface area contributed by atoms with Crippen LogP contribution >= 0.6 is 15.9 Å². The molecule has 0 saturated heterocycles. The van der Waals surface area contributed by atoms with Crippen LogP contribution in [0, 0.1) is 0 Å². The maximum absolute atomic E-state index is 10.7. The van der Waals surface area contributed by atoms with Crippen LogP contribution < -0.4 is 0 Å². The normalized spacial score (nSPS) is 16.8. The Morgan fingerprint density at radius 1 is 1.89 bits per heavy atom. The summed E-state index contributed by atoms with van der Waals surface area (Å²) in [5.74, 6) is 0.208. The Morgan fingerprint density at radius 2 is 2.67 bits per heavy atom. The quantitative estimate of drug-likeness (QED) is 0.480. The summed E-state index contributed by atoms with van der Waals surface area (Å²) in [4.78, 5) is 19.6. The van der Waals surface area contributed by atoms with Gasteiger partial charge in [0.05, 0.1) is 5.33 Å². The second-order valence-electron chi connectivity index (χ2n) is 1.49. The van der Waals surface area contributed by atoms with Crippen LogP contribution in [0.15, 0.2) is 11.8 Å². The molecular weight excluding hydrogens is 188 g/mol. The zero-order chi connectivity index (χ0) is 6.69. The molecular formula is C5H5BrO3. The van der Waals surface area contributed by atoms with Crippen LogP contribution in [0.5, 0.6) is 0 Å². The molecule has 1 rings (SSSR count). The van der Waals surface area contributed by atoms with Gasteiger partial charge in [0.1, 0.15) is 6.61 Å². The van der Waals surface area contributed by atoms with Gasteiger partial charge in [-0.2, -0.15) is 4.89 Å². The smallest absolute Gasteiger partial charge is 0.211 e. The number of hydrogen-bond acceptors (Lipinski definition) is 3. The first kappa shape index (κ1) is 6.77. The van der Waals surface area contributed by atoms with Crippen molar-refractivity contribution in [1.82, 2.24) is 0 Å². The van der Waals surface area contributed by atoms with Crippen molar-refractivity contribution >= 4 is 21.7 Å². The van der Waals surface area contributed by atoms with Crippen molar-refractivity contribution in [2.45, 2.75) is 0 Å². The molecule has 0 N–H and O–H groups in total. The van der Waals surface area contributed by atoms with Crippen molar-refractivity contribution < 1.29 is 14.6 Å². The van der Waals surface area contributed by atoms with E-state index in [0.717, 1.165) is 0 Å². The molecule has 0 unspecified atom stereocenters. The molecule has 1 aliphatic heterocycles. The Kier molecular flexibility index (Phi) is 2.24. The molecule has 0 aromatic rings. The third-order valence-corrected chi connectivity index (χ3v) is 1.39. The minimum absolute atomic E-state index is 0.0903. The maximum Gasteiger partial charge on any atom is 0.211 e. The van der Waals surface area contributed by atoms with E-state index in [1.54, 1.807) is 6.08 Å². The van der Waals surface area contributed by atoms with E-state index in [9.17, 15) is 4.79 Å². The van der Waals surface area contributed by atoms with Crippen LogP contribution in [0.4, 0.5) is 0 Å². The van der Waals surface area contributed by atoms with Gasteiger partial charge in [0.15, 0.2) is 0 Å². The summed E-state index contributed by atoms with van der Waals surface area (Å²) >= 11 is 3.00. The molecule has 0 bridgehead atoms. The highest BCUT2D eigenvalue weighted by Crippen LogP contribution is 2.08. The molecule has 9 heavy (non-hydrogen) atoms. The number of carbonyl (C=O) groups excluding carboxylic acids is 1. The van der Waals surface area contributed by atoms with Crippen molar-refractivity contribution in [2.24, 2.45) is 0 Å². The highest BCUT2D eigenvalue weighted by molar-refractivity contribution is 9.09. The number of allylic oxidation sites excluding steroid dienone is 1. The third-order valence-electron chi connectivity index (χ3n) is 0.882. The number of rotatable bonds is 2. The Hall–Kier alpha value is -0.350. The summed E-state index contributed by atoms with van der Waals surface area (Å²) < 4.78 is 0. The average molecular weight is 193 g/mol. The summed E-state index contributed by atoms with van der Waals surface area (Å²) in [6.07, 6.45) is 1.60.